The van der Waals surface area contributed by atoms with Gasteiger partial charge >= 0.3 is 0 Å². The van der Waals surface area contributed by atoms with Crippen LogP contribution in [0.2, 0.25) is 4.34 Å². The fourth-order valence-corrected chi connectivity index (χ4v) is 4.66. The number of thiophene rings is 1. The number of nitrogens with zero attached hydrogens (tertiary/aromatic N) is 4. The minimum absolute atomic E-state index is 0.648. The number of hydrogen-bond acceptors (Lipinski definition) is 5. The van der Waals surface area contributed by atoms with Crippen molar-refractivity contribution in [3.63, 3.8) is 0 Å². The Balaban J connectivity index is 1.54. The summed E-state index contributed by atoms with van der Waals surface area (Å²) in [4.78, 5) is 16.6. The smallest absolute Gasteiger partial charge is 0.194 e. The molecule has 25 heavy (non-hydrogen) atoms. The highest BCUT2D eigenvalue weighted by Gasteiger charge is 2.20. The van der Waals surface area contributed by atoms with Gasteiger partial charge in [-0.15, -0.1) is 22.7 Å². The summed E-state index contributed by atoms with van der Waals surface area (Å²) in [6.07, 6.45) is 1.91. The number of aliphatic imine (C=N–C) groups is 1. The number of guanidine groups is 1. The number of hydrogen-bond donors (Lipinski definition) is 1. The molecule has 0 radical (unpaired) electrons. The van der Waals surface area contributed by atoms with E-state index in [1.54, 1.807) is 22.7 Å². The molecule has 2 aromatic rings. The lowest BCUT2D eigenvalue weighted by atomic mass is 10.3. The Morgan fingerprint density at radius 1 is 1.28 bits per heavy atom. The molecule has 3 heterocycles. The summed E-state index contributed by atoms with van der Waals surface area (Å²) < 4.78 is 0.868. The maximum absolute atomic E-state index is 6.03. The Bertz CT molecular complexity index is 703. The van der Waals surface area contributed by atoms with Crippen molar-refractivity contribution in [2.24, 2.45) is 4.99 Å². The van der Waals surface area contributed by atoms with Crippen LogP contribution < -0.4 is 5.32 Å². The van der Waals surface area contributed by atoms with Crippen LogP contribution in [0.5, 0.6) is 0 Å². The molecule has 0 saturated carbocycles. The van der Waals surface area contributed by atoms with Crippen LogP contribution in [0, 0.1) is 6.92 Å². The zero-order valence-electron chi connectivity index (χ0n) is 14.7. The van der Waals surface area contributed by atoms with E-state index in [2.05, 4.69) is 40.0 Å². The summed E-state index contributed by atoms with van der Waals surface area (Å²) >= 11 is 9.42. The van der Waals surface area contributed by atoms with Gasteiger partial charge in [0, 0.05) is 55.2 Å². The molecule has 0 aliphatic carbocycles. The molecule has 5 nitrogen and oxygen atoms in total. The lowest BCUT2D eigenvalue weighted by Crippen LogP contribution is -2.52. The molecular weight excluding hydrogens is 374 g/mol. The number of aryl methyl sites for hydroxylation is 1. The molecule has 1 saturated heterocycles. The maximum atomic E-state index is 6.03. The molecule has 0 atom stereocenters. The predicted octanol–water partition coefficient (Wildman–Crippen LogP) is 3.45. The van der Waals surface area contributed by atoms with E-state index >= 15 is 0 Å². The fraction of sp³-hybridized carbons (Fsp3) is 0.529. The van der Waals surface area contributed by atoms with Gasteiger partial charge in [-0.3, -0.25) is 4.90 Å². The zero-order chi connectivity index (χ0) is 17.6. The molecule has 1 aliphatic heterocycles. The van der Waals surface area contributed by atoms with Crippen molar-refractivity contribution in [3.8, 4) is 0 Å². The number of nitrogens with one attached hydrogen (secondary N) is 1. The van der Waals surface area contributed by atoms with Crippen molar-refractivity contribution >= 4 is 40.2 Å². The van der Waals surface area contributed by atoms with Crippen molar-refractivity contribution in [1.29, 1.82) is 0 Å². The maximum Gasteiger partial charge on any atom is 0.194 e. The van der Waals surface area contributed by atoms with E-state index < -0.39 is 0 Å². The fourth-order valence-electron chi connectivity index (χ4n) is 2.82. The first-order chi connectivity index (χ1) is 12.1. The predicted molar refractivity (Wildman–Crippen MR) is 108 cm³/mol. The second kappa shape index (κ2) is 8.98. The van der Waals surface area contributed by atoms with Gasteiger partial charge in [0.15, 0.2) is 5.96 Å². The Morgan fingerprint density at radius 3 is 2.68 bits per heavy atom. The zero-order valence-corrected chi connectivity index (χ0v) is 17.1. The molecule has 0 bridgehead atoms. The van der Waals surface area contributed by atoms with Crippen molar-refractivity contribution in [3.05, 3.63) is 37.4 Å². The normalized spacial score (nSPS) is 16.4. The van der Waals surface area contributed by atoms with Gasteiger partial charge in [-0.25, -0.2) is 9.98 Å². The van der Waals surface area contributed by atoms with Gasteiger partial charge in [0.25, 0.3) is 0 Å². The van der Waals surface area contributed by atoms with Gasteiger partial charge in [-0.05, 0) is 26.0 Å². The lowest BCUT2D eigenvalue weighted by Gasteiger charge is -2.36. The molecular formula is C17H24ClN5S2. The second-order valence-electron chi connectivity index (χ2n) is 6.00. The van der Waals surface area contributed by atoms with E-state index in [1.807, 2.05) is 12.3 Å². The lowest BCUT2D eigenvalue weighted by molar-refractivity contribution is 0.173. The van der Waals surface area contributed by atoms with E-state index in [0.29, 0.717) is 6.54 Å². The second-order valence-corrected chi connectivity index (χ2v) is 9.12. The van der Waals surface area contributed by atoms with E-state index in [0.717, 1.165) is 54.6 Å². The van der Waals surface area contributed by atoms with Gasteiger partial charge < -0.3 is 10.2 Å². The van der Waals surface area contributed by atoms with Crippen molar-refractivity contribution in [1.82, 2.24) is 20.1 Å². The van der Waals surface area contributed by atoms with Crippen LogP contribution >= 0.6 is 34.3 Å². The average Bonchev–Trinajstić information content (AvgIpc) is 3.20. The van der Waals surface area contributed by atoms with Gasteiger partial charge in [0.05, 0.1) is 10.9 Å². The number of aromatic nitrogens is 1. The molecule has 2 aromatic heterocycles. The van der Waals surface area contributed by atoms with Crippen LogP contribution in [0.4, 0.5) is 0 Å². The Kier molecular flexibility index (Phi) is 6.70. The Hall–Kier alpha value is -1.15. The molecule has 1 aliphatic rings. The van der Waals surface area contributed by atoms with Gasteiger partial charge in [0.2, 0.25) is 0 Å². The minimum atomic E-state index is 0.648. The van der Waals surface area contributed by atoms with Crippen LogP contribution in [0.25, 0.3) is 0 Å². The summed E-state index contributed by atoms with van der Waals surface area (Å²) in [5.74, 6) is 0.995. The van der Waals surface area contributed by atoms with Crippen molar-refractivity contribution in [2.45, 2.75) is 26.9 Å². The quantitative estimate of drug-likeness (QED) is 0.619. The highest BCUT2D eigenvalue weighted by atomic mass is 35.5. The van der Waals surface area contributed by atoms with Crippen LogP contribution in [-0.2, 0) is 13.1 Å². The topological polar surface area (TPSA) is 43.8 Å². The van der Waals surface area contributed by atoms with E-state index in [1.165, 1.54) is 9.75 Å². The molecule has 136 valence electrons. The first kappa shape index (κ1) is 18.6. The van der Waals surface area contributed by atoms with Crippen LogP contribution in [0.3, 0.4) is 0 Å². The minimum Gasteiger partial charge on any atom is -0.357 e. The first-order valence-corrected chi connectivity index (χ1v) is 10.6. The van der Waals surface area contributed by atoms with Crippen LogP contribution in [0.1, 0.15) is 21.7 Å². The van der Waals surface area contributed by atoms with Gasteiger partial charge in [-0.1, -0.05) is 11.6 Å². The molecule has 1 fully saturated rings. The highest BCUT2D eigenvalue weighted by Crippen LogP contribution is 2.23. The molecule has 3 rings (SSSR count). The van der Waals surface area contributed by atoms with Crippen LogP contribution in [-0.4, -0.2) is 53.5 Å². The average molecular weight is 398 g/mol. The van der Waals surface area contributed by atoms with Gasteiger partial charge in [-0.2, -0.15) is 0 Å². The first-order valence-electron chi connectivity index (χ1n) is 8.55. The summed E-state index contributed by atoms with van der Waals surface area (Å²) in [6.45, 7) is 10.8. The molecule has 0 unspecified atom stereocenters. The van der Waals surface area contributed by atoms with Crippen molar-refractivity contribution < 1.29 is 0 Å². The van der Waals surface area contributed by atoms with E-state index in [-0.39, 0.29) is 0 Å². The molecule has 0 aromatic carbocycles. The number of halogens is 1. The number of thiazole rings is 1. The summed E-state index contributed by atoms with van der Waals surface area (Å²) in [5, 5.41) is 4.49. The summed E-state index contributed by atoms with van der Waals surface area (Å²) in [5.41, 5.74) is 0. The SMILES string of the molecule is CCNC(=NCc1ncc(C)s1)N1CCN(Cc2ccc(Cl)s2)CC1. The van der Waals surface area contributed by atoms with Gasteiger partial charge in [0.1, 0.15) is 5.01 Å². The third-order valence-electron chi connectivity index (χ3n) is 4.05. The molecule has 1 N–H and O–H groups in total. The van der Waals surface area contributed by atoms with E-state index in [9.17, 15) is 0 Å². The number of rotatable bonds is 5. The third-order valence-corrected chi connectivity index (χ3v) is 6.16. The molecule has 0 amide bonds. The highest BCUT2D eigenvalue weighted by molar-refractivity contribution is 7.16. The Labute approximate surface area is 162 Å². The largest absolute Gasteiger partial charge is 0.357 e. The molecule has 8 heteroatoms. The Morgan fingerprint density at radius 2 is 2.08 bits per heavy atom. The molecule has 0 spiro atoms. The van der Waals surface area contributed by atoms with E-state index in [4.69, 9.17) is 16.6 Å². The number of piperazine rings is 1. The summed E-state index contributed by atoms with van der Waals surface area (Å²) in [6, 6.07) is 4.11. The standard InChI is InChI=1S/C17H24ClN5S2/c1-3-19-17(21-11-16-20-10-13(2)24-16)23-8-6-22(7-9-23)12-14-4-5-15(18)25-14/h4-5,10H,3,6-9,11-12H2,1-2H3,(H,19,21). The summed E-state index contributed by atoms with van der Waals surface area (Å²) in [7, 11) is 0. The monoisotopic (exact) mass is 397 g/mol. The third kappa shape index (κ3) is 5.41. The van der Waals surface area contributed by atoms with Crippen LogP contribution in [0.15, 0.2) is 23.3 Å². The van der Waals surface area contributed by atoms with Crippen molar-refractivity contribution in [2.75, 3.05) is 32.7 Å².